The number of H-pyrrole nitrogens is 1. The molecule has 2 rings (SSSR count). The minimum absolute atomic E-state index is 0.0699. The first-order valence-corrected chi connectivity index (χ1v) is 6.28. The number of rotatable bonds is 3. The van der Waals surface area contributed by atoms with Crippen molar-refractivity contribution in [3.63, 3.8) is 0 Å². The molecule has 0 spiro atoms. The van der Waals surface area contributed by atoms with Crippen molar-refractivity contribution in [3.8, 4) is 11.4 Å². The average Bonchev–Trinajstić information content (AvgIpc) is 2.71. The van der Waals surface area contributed by atoms with Crippen LogP contribution in [0, 0.1) is 10.6 Å². The van der Waals surface area contributed by atoms with Gasteiger partial charge in [0.1, 0.15) is 5.82 Å². The molecule has 0 bridgehead atoms. The van der Waals surface area contributed by atoms with Gasteiger partial charge in [0.05, 0.1) is 11.1 Å². The second-order valence-electron chi connectivity index (χ2n) is 4.17. The van der Waals surface area contributed by atoms with Crippen LogP contribution >= 0.6 is 12.2 Å². The Labute approximate surface area is 117 Å². The lowest BCUT2D eigenvalue weighted by Crippen LogP contribution is -2.10. The van der Waals surface area contributed by atoms with Crippen molar-refractivity contribution in [3.05, 3.63) is 34.4 Å². The highest BCUT2D eigenvalue weighted by atomic mass is 32.1. The predicted octanol–water partition coefficient (Wildman–Crippen LogP) is 4.18. The summed E-state index contributed by atoms with van der Waals surface area (Å²) in [4.78, 5) is 0. The number of aromatic nitrogens is 3. The molecule has 0 atom stereocenters. The SMILES string of the molecule is CCCn1c(-c2cccc(C(F)(F)F)c2F)n[nH]c1=S. The Hall–Kier alpha value is -1.70. The zero-order valence-electron chi connectivity index (χ0n) is 10.5. The summed E-state index contributed by atoms with van der Waals surface area (Å²) in [5, 5.41) is 6.30. The topological polar surface area (TPSA) is 33.6 Å². The van der Waals surface area contributed by atoms with E-state index in [2.05, 4.69) is 10.2 Å². The molecular formula is C12H11F4N3S. The number of hydrogen-bond acceptors (Lipinski definition) is 2. The van der Waals surface area contributed by atoms with Gasteiger partial charge in [-0.2, -0.15) is 18.3 Å². The summed E-state index contributed by atoms with van der Waals surface area (Å²) in [5.41, 5.74) is -1.53. The molecule has 0 radical (unpaired) electrons. The lowest BCUT2D eigenvalue weighted by atomic mass is 10.1. The van der Waals surface area contributed by atoms with Gasteiger partial charge in [-0.3, -0.25) is 5.10 Å². The van der Waals surface area contributed by atoms with Crippen LogP contribution in [0.1, 0.15) is 18.9 Å². The van der Waals surface area contributed by atoms with Gasteiger partial charge in [-0.25, -0.2) is 4.39 Å². The van der Waals surface area contributed by atoms with Crippen molar-refractivity contribution in [2.75, 3.05) is 0 Å². The number of hydrogen-bond donors (Lipinski definition) is 1. The van der Waals surface area contributed by atoms with Crippen LogP contribution < -0.4 is 0 Å². The molecule has 0 aliphatic rings. The van der Waals surface area contributed by atoms with Crippen LogP contribution in [0.3, 0.4) is 0 Å². The van der Waals surface area contributed by atoms with Gasteiger partial charge in [0.25, 0.3) is 0 Å². The molecule has 8 heteroatoms. The highest BCUT2D eigenvalue weighted by molar-refractivity contribution is 7.71. The lowest BCUT2D eigenvalue weighted by molar-refractivity contribution is -0.139. The zero-order chi connectivity index (χ0) is 14.9. The summed E-state index contributed by atoms with van der Waals surface area (Å²) in [6.07, 6.45) is -4.05. The summed E-state index contributed by atoms with van der Waals surface area (Å²) >= 11 is 4.99. The van der Waals surface area contributed by atoms with E-state index in [0.717, 1.165) is 6.07 Å². The van der Waals surface area contributed by atoms with Gasteiger partial charge in [-0.1, -0.05) is 13.0 Å². The van der Waals surface area contributed by atoms with Crippen LogP contribution in [-0.4, -0.2) is 14.8 Å². The van der Waals surface area contributed by atoms with Crippen LogP contribution in [0.2, 0.25) is 0 Å². The molecule has 1 N–H and O–H groups in total. The van der Waals surface area contributed by atoms with Crippen molar-refractivity contribution in [2.45, 2.75) is 26.1 Å². The molecule has 0 saturated heterocycles. The maximum Gasteiger partial charge on any atom is 0.419 e. The van der Waals surface area contributed by atoms with E-state index < -0.39 is 17.6 Å². The molecule has 3 nitrogen and oxygen atoms in total. The molecule has 1 heterocycles. The lowest BCUT2D eigenvalue weighted by Gasteiger charge is -2.11. The van der Waals surface area contributed by atoms with Crippen LogP contribution in [0.4, 0.5) is 17.6 Å². The first kappa shape index (κ1) is 14.7. The van der Waals surface area contributed by atoms with E-state index in [1.165, 1.54) is 10.6 Å². The predicted molar refractivity (Wildman–Crippen MR) is 68.1 cm³/mol. The van der Waals surface area contributed by atoms with E-state index in [1.54, 1.807) is 0 Å². The average molecular weight is 305 g/mol. The summed E-state index contributed by atoms with van der Waals surface area (Å²) in [5.74, 6) is -1.27. The minimum Gasteiger partial charge on any atom is -0.300 e. The van der Waals surface area contributed by atoms with E-state index in [4.69, 9.17) is 12.2 Å². The van der Waals surface area contributed by atoms with Gasteiger partial charge in [-0.05, 0) is 30.8 Å². The maximum atomic E-state index is 14.1. The Kier molecular flexibility index (Phi) is 3.94. The Balaban J connectivity index is 2.63. The van der Waals surface area contributed by atoms with Crippen LogP contribution in [0.25, 0.3) is 11.4 Å². The molecule has 0 aliphatic heterocycles. The Morgan fingerprint density at radius 1 is 1.35 bits per heavy atom. The van der Waals surface area contributed by atoms with Gasteiger partial charge >= 0.3 is 6.18 Å². The molecule has 1 aromatic heterocycles. The van der Waals surface area contributed by atoms with Gasteiger partial charge < -0.3 is 4.57 Å². The molecule has 0 amide bonds. The molecule has 0 fully saturated rings. The van der Waals surface area contributed by atoms with E-state index in [1.807, 2.05) is 6.92 Å². The molecule has 108 valence electrons. The molecular weight excluding hydrogens is 294 g/mol. The second-order valence-corrected chi connectivity index (χ2v) is 4.56. The van der Waals surface area contributed by atoms with Crippen LogP contribution in [0.5, 0.6) is 0 Å². The smallest absolute Gasteiger partial charge is 0.300 e. The Morgan fingerprint density at radius 2 is 2.05 bits per heavy atom. The zero-order valence-corrected chi connectivity index (χ0v) is 11.3. The number of benzene rings is 1. The van der Waals surface area contributed by atoms with E-state index >= 15 is 0 Å². The maximum absolute atomic E-state index is 14.1. The summed E-state index contributed by atoms with van der Waals surface area (Å²) < 4.78 is 53.9. The third kappa shape index (κ3) is 2.60. The van der Waals surface area contributed by atoms with Crippen molar-refractivity contribution >= 4 is 12.2 Å². The monoisotopic (exact) mass is 305 g/mol. The largest absolute Gasteiger partial charge is 0.419 e. The van der Waals surface area contributed by atoms with Crippen molar-refractivity contribution in [1.82, 2.24) is 14.8 Å². The standard InChI is InChI=1S/C12H11F4N3S/c1-2-6-19-10(17-18-11(19)20)7-4-3-5-8(9(7)13)12(14,15)16/h3-5H,2,6H2,1H3,(H,18,20). The third-order valence-corrected chi connectivity index (χ3v) is 3.06. The fraction of sp³-hybridized carbons (Fsp3) is 0.333. The molecule has 0 unspecified atom stereocenters. The van der Waals surface area contributed by atoms with Crippen molar-refractivity contribution in [2.24, 2.45) is 0 Å². The van der Waals surface area contributed by atoms with Gasteiger partial charge in [0.2, 0.25) is 0 Å². The van der Waals surface area contributed by atoms with Gasteiger partial charge in [0.15, 0.2) is 10.6 Å². The number of aromatic amines is 1. The molecule has 1 aromatic carbocycles. The second kappa shape index (κ2) is 5.35. The molecule has 2 aromatic rings. The highest BCUT2D eigenvalue weighted by Gasteiger charge is 2.35. The molecule has 0 aliphatic carbocycles. The number of nitrogens with zero attached hydrogens (tertiary/aromatic N) is 2. The first-order valence-electron chi connectivity index (χ1n) is 5.87. The third-order valence-electron chi connectivity index (χ3n) is 2.75. The van der Waals surface area contributed by atoms with E-state index in [0.29, 0.717) is 19.0 Å². The fourth-order valence-corrected chi connectivity index (χ4v) is 2.10. The van der Waals surface area contributed by atoms with E-state index in [9.17, 15) is 17.6 Å². The van der Waals surface area contributed by atoms with E-state index in [-0.39, 0.29) is 16.2 Å². The number of nitrogens with one attached hydrogen (secondary N) is 1. The normalized spacial score (nSPS) is 11.8. The van der Waals surface area contributed by atoms with Crippen LogP contribution in [-0.2, 0) is 12.7 Å². The quantitative estimate of drug-likeness (QED) is 0.682. The summed E-state index contributed by atoms with van der Waals surface area (Å²) in [6, 6.07) is 3.10. The summed E-state index contributed by atoms with van der Waals surface area (Å²) in [6.45, 7) is 2.32. The Morgan fingerprint density at radius 3 is 2.65 bits per heavy atom. The van der Waals surface area contributed by atoms with Crippen molar-refractivity contribution in [1.29, 1.82) is 0 Å². The van der Waals surface area contributed by atoms with Gasteiger partial charge in [0, 0.05) is 6.54 Å². The van der Waals surface area contributed by atoms with Crippen LogP contribution in [0.15, 0.2) is 18.2 Å². The minimum atomic E-state index is -4.75. The Bertz CT molecular complexity index is 672. The summed E-state index contributed by atoms with van der Waals surface area (Å²) in [7, 11) is 0. The first-order chi connectivity index (χ1) is 9.36. The fourth-order valence-electron chi connectivity index (χ4n) is 1.88. The molecule has 20 heavy (non-hydrogen) atoms. The van der Waals surface area contributed by atoms with Crippen molar-refractivity contribution < 1.29 is 17.6 Å². The highest BCUT2D eigenvalue weighted by Crippen LogP contribution is 2.35. The molecule has 0 saturated carbocycles. The van der Waals surface area contributed by atoms with Gasteiger partial charge in [-0.15, -0.1) is 0 Å². The number of alkyl halides is 3. The number of halogens is 4.